The van der Waals surface area contributed by atoms with E-state index in [9.17, 15) is 8.42 Å². The Bertz CT molecular complexity index is 305. The minimum atomic E-state index is -4.12. The lowest BCUT2D eigenvalue weighted by Crippen LogP contribution is -2.15. The Hall–Kier alpha value is -0.130. The second-order valence-corrected chi connectivity index (χ2v) is 7.05. The summed E-state index contributed by atoms with van der Waals surface area (Å²) in [5, 5.41) is 0. The number of hydrogen-bond donors (Lipinski definition) is 1. The van der Waals surface area contributed by atoms with Crippen molar-refractivity contribution in [1.82, 2.24) is 4.72 Å². The van der Waals surface area contributed by atoms with E-state index in [1.54, 1.807) is 0 Å². The summed E-state index contributed by atoms with van der Waals surface area (Å²) >= 11 is 0. The minimum absolute atomic E-state index is 0.219. The van der Waals surface area contributed by atoms with Crippen LogP contribution in [0.15, 0.2) is 0 Å². The van der Waals surface area contributed by atoms with Gasteiger partial charge >= 0.3 is 10.3 Å². The van der Waals surface area contributed by atoms with Crippen LogP contribution in [0.4, 0.5) is 0 Å². The van der Waals surface area contributed by atoms with Crippen LogP contribution in [-0.2, 0) is 10.3 Å². The molecule has 0 saturated carbocycles. The van der Waals surface area contributed by atoms with Crippen LogP contribution >= 0.6 is 0 Å². The summed E-state index contributed by atoms with van der Waals surface area (Å²) in [6.07, 6.45) is 17.7. The van der Waals surface area contributed by atoms with Crippen LogP contribution in [0, 0.1) is 0 Å². The van der Waals surface area contributed by atoms with Gasteiger partial charge in [-0.05, 0) is 6.42 Å². The Kier molecular flexibility index (Phi) is 14.7. The fourth-order valence-corrected chi connectivity index (χ4v) is 2.85. The van der Waals surface area contributed by atoms with E-state index < -0.39 is 10.3 Å². The molecule has 127 valence electrons. The number of hydrogen-bond acceptors (Lipinski definition) is 2. The van der Waals surface area contributed by atoms with Crippen molar-refractivity contribution in [2.75, 3.05) is 6.54 Å². The summed E-state index contributed by atoms with van der Waals surface area (Å²) < 4.78 is 32.3. The first-order valence-electron chi connectivity index (χ1n) is 8.72. The number of unbranched alkanes of at least 4 members (excludes halogenated alkanes) is 13. The molecular formula is C16H34NO3S. The molecule has 0 aliphatic rings. The maximum Gasteiger partial charge on any atom is 0.350 e. The average Bonchev–Trinajstić information content (AvgIpc) is 2.42. The predicted molar refractivity (Wildman–Crippen MR) is 88.9 cm³/mol. The molecular weight excluding hydrogens is 286 g/mol. The zero-order valence-corrected chi connectivity index (χ0v) is 14.5. The Morgan fingerprint density at radius 3 is 1.33 bits per heavy atom. The van der Waals surface area contributed by atoms with Crippen LogP contribution in [-0.4, -0.2) is 19.5 Å². The Morgan fingerprint density at radius 2 is 1.00 bits per heavy atom. The molecule has 0 spiro atoms. The molecule has 0 heterocycles. The van der Waals surface area contributed by atoms with Crippen molar-refractivity contribution in [3.8, 4) is 0 Å². The van der Waals surface area contributed by atoms with Crippen molar-refractivity contribution in [1.29, 1.82) is 0 Å². The summed E-state index contributed by atoms with van der Waals surface area (Å²) in [5.74, 6) is 0. The van der Waals surface area contributed by atoms with E-state index in [0.29, 0.717) is 0 Å². The van der Waals surface area contributed by atoms with Crippen molar-refractivity contribution >= 4 is 10.3 Å². The van der Waals surface area contributed by atoms with E-state index >= 15 is 0 Å². The number of rotatable bonds is 16. The molecule has 0 aromatic heterocycles. The summed E-state index contributed by atoms with van der Waals surface area (Å²) in [6, 6.07) is 0. The van der Waals surface area contributed by atoms with Crippen LogP contribution in [0.2, 0.25) is 0 Å². The van der Waals surface area contributed by atoms with Gasteiger partial charge in [-0.1, -0.05) is 95.1 Å². The normalized spacial score (nSPS) is 11.9. The molecule has 0 aromatic carbocycles. The first kappa shape index (κ1) is 20.9. The van der Waals surface area contributed by atoms with Gasteiger partial charge in [0.1, 0.15) is 0 Å². The maximum atomic E-state index is 10.4. The summed E-state index contributed by atoms with van der Waals surface area (Å²) in [7, 11) is -4.12. The van der Waals surface area contributed by atoms with Crippen molar-refractivity contribution < 1.29 is 13.0 Å². The van der Waals surface area contributed by atoms with Gasteiger partial charge in [0, 0.05) is 6.54 Å². The molecule has 0 aromatic rings. The number of nitrogens with zero attached hydrogens (tertiary/aromatic N) is 1. The van der Waals surface area contributed by atoms with E-state index in [4.69, 9.17) is 4.55 Å². The van der Waals surface area contributed by atoms with Gasteiger partial charge in [-0.3, -0.25) is 4.55 Å². The van der Waals surface area contributed by atoms with E-state index in [1.165, 1.54) is 70.6 Å². The third kappa shape index (κ3) is 19.9. The van der Waals surface area contributed by atoms with Crippen LogP contribution in [0.3, 0.4) is 0 Å². The van der Waals surface area contributed by atoms with Gasteiger partial charge < -0.3 is 0 Å². The van der Waals surface area contributed by atoms with Crippen molar-refractivity contribution in [2.45, 2.75) is 96.8 Å². The summed E-state index contributed by atoms with van der Waals surface area (Å²) in [4.78, 5) is 0. The molecule has 0 aliphatic heterocycles. The first-order chi connectivity index (χ1) is 10.1. The lowest BCUT2D eigenvalue weighted by molar-refractivity contribution is 0.462. The van der Waals surface area contributed by atoms with E-state index in [1.807, 2.05) is 0 Å². The Balaban J connectivity index is 3.03. The van der Waals surface area contributed by atoms with Crippen molar-refractivity contribution in [3.05, 3.63) is 0 Å². The maximum absolute atomic E-state index is 10.4. The average molecular weight is 321 g/mol. The second kappa shape index (κ2) is 14.8. The lowest BCUT2D eigenvalue weighted by atomic mass is 10.0. The van der Waals surface area contributed by atoms with E-state index in [0.717, 1.165) is 19.3 Å². The molecule has 0 bridgehead atoms. The van der Waals surface area contributed by atoms with Crippen LogP contribution in [0.5, 0.6) is 0 Å². The Labute approximate surface area is 132 Å². The zero-order chi connectivity index (χ0) is 15.8. The molecule has 1 radical (unpaired) electrons. The molecule has 0 amide bonds. The monoisotopic (exact) mass is 320 g/mol. The van der Waals surface area contributed by atoms with Crippen LogP contribution in [0.25, 0.3) is 0 Å². The van der Waals surface area contributed by atoms with Gasteiger partial charge in [0.05, 0.1) is 0 Å². The minimum Gasteiger partial charge on any atom is -0.272 e. The van der Waals surface area contributed by atoms with Crippen molar-refractivity contribution in [3.63, 3.8) is 0 Å². The molecule has 0 rings (SSSR count). The fraction of sp³-hybridized carbons (Fsp3) is 1.00. The molecule has 0 fully saturated rings. The van der Waals surface area contributed by atoms with Crippen molar-refractivity contribution in [2.24, 2.45) is 0 Å². The molecule has 21 heavy (non-hydrogen) atoms. The molecule has 1 N–H and O–H groups in total. The van der Waals surface area contributed by atoms with Crippen LogP contribution < -0.4 is 4.72 Å². The summed E-state index contributed by atoms with van der Waals surface area (Å²) in [6.45, 7) is 2.47. The van der Waals surface area contributed by atoms with E-state index in [2.05, 4.69) is 11.6 Å². The third-order valence-electron chi connectivity index (χ3n) is 3.77. The van der Waals surface area contributed by atoms with Gasteiger partial charge in [0.25, 0.3) is 0 Å². The third-order valence-corrected chi connectivity index (χ3v) is 4.27. The lowest BCUT2D eigenvalue weighted by Gasteiger charge is -2.03. The predicted octanol–water partition coefficient (Wildman–Crippen LogP) is 4.87. The molecule has 0 saturated heterocycles. The quantitative estimate of drug-likeness (QED) is 0.326. The molecule has 0 aliphatic carbocycles. The fourth-order valence-electron chi connectivity index (χ4n) is 2.49. The topological polar surface area (TPSA) is 68.5 Å². The standard InChI is InChI=1S/C16H34NO3S/c1-2-3-4-5-6-7-8-9-10-11-12-13-14-15-16-17-21(18,19)20/h2-16H2,1H3,(H,18,19,20). The highest BCUT2D eigenvalue weighted by Gasteiger charge is 2.03. The van der Waals surface area contributed by atoms with Crippen LogP contribution in [0.1, 0.15) is 96.8 Å². The molecule has 0 unspecified atom stereocenters. The van der Waals surface area contributed by atoms with Gasteiger partial charge in [-0.25, -0.2) is 0 Å². The first-order valence-corrected chi connectivity index (χ1v) is 10.1. The highest BCUT2D eigenvalue weighted by molar-refractivity contribution is 7.83. The highest BCUT2D eigenvalue weighted by atomic mass is 32.2. The highest BCUT2D eigenvalue weighted by Crippen LogP contribution is 2.12. The molecule has 4 nitrogen and oxygen atoms in total. The largest absolute Gasteiger partial charge is 0.350 e. The van der Waals surface area contributed by atoms with Gasteiger partial charge in [-0.2, -0.15) is 8.42 Å². The Morgan fingerprint density at radius 1 is 0.667 bits per heavy atom. The van der Waals surface area contributed by atoms with Gasteiger partial charge in [-0.15, -0.1) is 0 Å². The second-order valence-electron chi connectivity index (χ2n) is 5.90. The smallest absolute Gasteiger partial charge is 0.272 e. The molecule has 5 heteroatoms. The molecule has 0 atom stereocenters. The van der Waals surface area contributed by atoms with Gasteiger partial charge in [0.2, 0.25) is 0 Å². The zero-order valence-electron chi connectivity index (χ0n) is 13.7. The van der Waals surface area contributed by atoms with Gasteiger partial charge in [0.15, 0.2) is 0 Å². The summed E-state index contributed by atoms with van der Waals surface area (Å²) in [5.41, 5.74) is 0. The van der Waals surface area contributed by atoms with E-state index in [-0.39, 0.29) is 6.54 Å². The SMILES string of the molecule is CCCCCCCCCCCCCCCC[N]S(=O)(=O)O.